The van der Waals surface area contributed by atoms with Crippen LogP contribution >= 0.6 is 11.6 Å². The summed E-state index contributed by atoms with van der Waals surface area (Å²) in [4.78, 5) is 12.4. The first-order chi connectivity index (χ1) is 12.2. The standard InChI is InChI=1S/C19H23ClN2O3S/c1-4-6-14(3)21-19(23)17-12-16(9-10-18(17)20)26(24,25)22-15-8-5-7-13(2)11-15/h5,7-12,14,22H,4,6H2,1-3H3,(H,21,23). The van der Waals surface area contributed by atoms with Crippen molar-refractivity contribution >= 4 is 33.2 Å². The summed E-state index contributed by atoms with van der Waals surface area (Å²) in [5, 5.41) is 3.04. The maximum Gasteiger partial charge on any atom is 0.261 e. The molecule has 0 saturated carbocycles. The summed E-state index contributed by atoms with van der Waals surface area (Å²) >= 11 is 6.11. The highest BCUT2D eigenvalue weighted by atomic mass is 35.5. The summed E-state index contributed by atoms with van der Waals surface area (Å²) in [5.41, 5.74) is 1.54. The molecular weight excluding hydrogens is 372 g/mol. The predicted molar refractivity (Wildman–Crippen MR) is 105 cm³/mol. The summed E-state index contributed by atoms with van der Waals surface area (Å²) in [6.45, 7) is 5.80. The van der Waals surface area contributed by atoms with Crippen LogP contribution in [0.1, 0.15) is 42.6 Å². The molecule has 0 heterocycles. The van der Waals surface area contributed by atoms with Gasteiger partial charge < -0.3 is 5.32 Å². The number of anilines is 1. The van der Waals surface area contributed by atoms with Crippen molar-refractivity contribution in [1.29, 1.82) is 0 Å². The Labute approximate surface area is 159 Å². The molecule has 5 nitrogen and oxygen atoms in total. The van der Waals surface area contributed by atoms with Gasteiger partial charge in [0.25, 0.3) is 15.9 Å². The third kappa shape index (κ3) is 5.22. The minimum atomic E-state index is -3.83. The average Bonchev–Trinajstić information content (AvgIpc) is 2.54. The van der Waals surface area contributed by atoms with Gasteiger partial charge in [-0.15, -0.1) is 0 Å². The van der Waals surface area contributed by atoms with E-state index >= 15 is 0 Å². The number of hydrogen-bond acceptors (Lipinski definition) is 3. The largest absolute Gasteiger partial charge is 0.350 e. The Morgan fingerprint density at radius 2 is 1.92 bits per heavy atom. The molecule has 0 saturated heterocycles. The second kappa shape index (κ2) is 8.56. The Morgan fingerprint density at radius 3 is 2.58 bits per heavy atom. The molecule has 2 N–H and O–H groups in total. The minimum Gasteiger partial charge on any atom is -0.350 e. The number of sulfonamides is 1. The molecule has 0 aromatic heterocycles. The molecule has 1 amide bonds. The molecule has 0 spiro atoms. The van der Waals surface area contributed by atoms with Crippen molar-refractivity contribution in [2.75, 3.05) is 4.72 Å². The highest BCUT2D eigenvalue weighted by Crippen LogP contribution is 2.23. The number of amides is 1. The molecule has 7 heteroatoms. The third-order valence-electron chi connectivity index (χ3n) is 3.86. The molecule has 140 valence electrons. The van der Waals surface area contributed by atoms with Gasteiger partial charge >= 0.3 is 0 Å². The highest BCUT2D eigenvalue weighted by molar-refractivity contribution is 7.92. The van der Waals surface area contributed by atoms with Crippen molar-refractivity contribution in [3.8, 4) is 0 Å². The number of halogens is 1. The molecule has 0 aliphatic heterocycles. The Kier molecular flexibility index (Phi) is 6.67. The van der Waals surface area contributed by atoms with E-state index in [9.17, 15) is 13.2 Å². The summed E-state index contributed by atoms with van der Waals surface area (Å²) in [7, 11) is -3.83. The first-order valence-corrected chi connectivity index (χ1v) is 10.3. The van der Waals surface area contributed by atoms with Gasteiger partial charge in [-0.1, -0.05) is 37.1 Å². The highest BCUT2D eigenvalue weighted by Gasteiger charge is 2.20. The number of carbonyl (C=O) groups is 1. The van der Waals surface area contributed by atoms with E-state index < -0.39 is 10.0 Å². The molecule has 2 rings (SSSR count). The molecule has 2 aromatic rings. The van der Waals surface area contributed by atoms with E-state index in [1.807, 2.05) is 26.8 Å². The smallest absolute Gasteiger partial charge is 0.261 e. The normalized spacial score (nSPS) is 12.5. The number of benzene rings is 2. The van der Waals surface area contributed by atoms with Crippen LogP contribution in [0.3, 0.4) is 0 Å². The summed E-state index contributed by atoms with van der Waals surface area (Å²) in [6, 6.07) is 11.1. The lowest BCUT2D eigenvalue weighted by Gasteiger charge is -2.14. The van der Waals surface area contributed by atoms with Gasteiger partial charge in [-0.25, -0.2) is 8.42 Å². The van der Waals surface area contributed by atoms with Crippen LogP contribution in [0, 0.1) is 6.92 Å². The number of hydrogen-bond donors (Lipinski definition) is 2. The Morgan fingerprint density at radius 1 is 1.19 bits per heavy atom. The topological polar surface area (TPSA) is 75.3 Å². The Bertz CT molecular complexity index is 897. The molecule has 26 heavy (non-hydrogen) atoms. The molecule has 1 unspecified atom stereocenters. The quantitative estimate of drug-likeness (QED) is 0.732. The van der Waals surface area contributed by atoms with E-state index in [0.29, 0.717) is 5.69 Å². The lowest BCUT2D eigenvalue weighted by Crippen LogP contribution is -2.32. The molecule has 0 aliphatic rings. The van der Waals surface area contributed by atoms with E-state index in [0.717, 1.165) is 18.4 Å². The number of rotatable bonds is 7. The van der Waals surface area contributed by atoms with Crippen LogP contribution in [0.5, 0.6) is 0 Å². The maximum absolute atomic E-state index is 12.6. The van der Waals surface area contributed by atoms with Crippen molar-refractivity contribution in [3.05, 3.63) is 58.6 Å². The molecule has 0 aliphatic carbocycles. The van der Waals surface area contributed by atoms with Crippen LogP contribution in [0.2, 0.25) is 5.02 Å². The zero-order chi connectivity index (χ0) is 19.3. The molecule has 1 atom stereocenters. The maximum atomic E-state index is 12.6. The monoisotopic (exact) mass is 394 g/mol. The summed E-state index contributed by atoms with van der Waals surface area (Å²) in [5.74, 6) is -0.386. The van der Waals surface area contributed by atoms with E-state index in [-0.39, 0.29) is 27.4 Å². The van der Waals surface area contributed by atoms with Gasteiger partial charge in [0, 0.05) is 11.7 Å². The molecule has 2 aromatic carbocycles. The number of nitrogens with one attached hydrogen (secondary N) is 2. The molecule has 0 radical (unpaired) electrons. The molecular formula is C19H23ClN2O3S. The first kappa shape index (κ1) is 20.3. The summed E-state index contributed by atoms with van der Waals surface area (Å²) in [6.07, 6.45) is 1.76. The fourth-order valence-electron chi connectivity index (χ4n) is 2.57. The number of aryl methyl sites for hydroxylation is 1. The van der Waals surface area contributed by atoms with Gasteiger partial charge in [-0.05, 0) is 56.2 Å². The second-order valence-electron chi connectivity index (χ2n) is 6.28. The van der Waals surface area contributed by atoms with E-state index in [1.165, 1.54) is 18.2 Å². The van der Waals surface area contributed by atoms with Gasteiger partial charge in [0.05, 0.1) is 15.5 Å². The van der Waals surface area contributed by atoms with Crippen molar-refractivity contribution in [2.24, 2.45) is 0 Å². The van der Waals surface area contributed by atoms with E-state index in [1.54, 1.807) is 18.2 Å². The van der Waals surface area contributed by atoms with Crippen LogP contribution in [0.15, 0.2) is 47.4 Å². The average molecular weight is 395 g/mol. The van der Waals surface area contributed by atoms with Crippen molar-refractivity contribution in [2.45, 2.75) is 44.6 Å². The van der Waals surface area contributed by atoms with Crippen LogP contribution in [-0.4, -0.2) is 20.4 Å². The zero-order valence-corrected chi connectivity index (χ0v) is 16.6. The summed E-state index contributed by atoms with van der Waals surface area (Å²) < 4.78 is 27.8. The van der Waals surface area contributed by atoms with E-state index in [4.69, 9.17) is 11.6 Å². The predicted octanol–water partition coefficient (Wildman–Crippen LogP) is 4.37. The van der Waals surface area contributed by atoms with E-state index in [2.05, 4.69) is 10.0 Å². The molecule has 0 fully saturated rings. The van der Waals surface area contributed by atoms with Crippen LogP contribution in [0.25, 0.3) is 0 Å². The fraction of sp³-hybridized carbons (Fsp3) is 0.316. The van der Waals surface area contributed by atoms with Crippen LogP contribution < -0.4 is 10.0 Å². The first-order valence-electron chi connectivity index (χ1n) is 8.43. The number of carbonyl (C=O) groups excluding carboxylic acids is 1. The van der Waals surface area contributed by atoms with Gasteiger partial charge in [0.1, 0.15) is 0 Å². The minimum absolute atomic E-state index is 0.0169. The van der Waals surface area contributed by atoms with Gasteiger partial charge in [-0.3, -0.25) is 9.52 Å². The third-order valence-corrected chi connectivity index (χ3v) is 5.57. The lowest BCUT2D eigenvalue weighted by atomic mass is 10.1. The second-order valence-corrected chi connectivity index (χ2v) is 8.37. The Balaban J connectivity index is 2.28. The SMILES string of the molecule is CCCC(C)NC(=O)c1cc(S(=O)(=O)Nc2cccc(C)c2)ccc1Cl. The van der Waals surface area contributed by atoms with Gasteiger partial charge in [0.15, 0.2) is 0 Å². The van der Waals surface area contributed by atoms with Crippen molar-refractivity contribution in [3.63, 3.8) is 0 Å². The van der Waals surface area contributed by atoms with Crippen LogP contribution in [-0.2, 0) is 10.0 Å². The zero-order valence-electron chi connectivity index (χ0n) is 15.0. The van der Waals surface area contributed by atoms with Gasteiger partial charge in [-0.2, -0.15) is 0 Å². The van der Waals surface area contributed by atoms with Crippen molar-refractivity contribution < 1.29 is 13.2 Å². The fourth-order valence-corrected chi connectivity index (χ4v) is 3.85. The molecule has 0 bridgehead atoms. The van der Waals surface area contributed by atoms with Gasteiger partial charge in [0.2, 0.25) is 0 Å². The van der Waals surface area contributed by atoms with Crippen molar-refractivity contribution in [1.82, 2.24) is 5.32 Å². The van der Waals surface area contributed by atoms with Crippen LogP contribution in [0.4, 0.5) is 5.69 Å². The lowest BCUT2D eigenvalue weighted by molar-refractivity contribution is 0.0938. The Hall–Kier alpha value is -2.05.